The molecule has 104 valence electrons. The van der Waals surface area contributed by atoms with Crippen LogP contribution in [-0.4, -0.2) is 43.6 Å². The van der Waals surface area contributed by atoms with Crippen LogP contribution in [0.4, 0.5) is 0 Å². The Morgan fingerprint density at radius 2 is 1.89 bits per heavy atom. The molecule has 1 saturated heterocycles. The molecule has 2 rings (SSSR count). The van der Waals surface area contributed by atoms with E-state index in [1.807, 2.05) is 24.3 Å². The van der Waals surface area contributed by atoms with E-state index in [1.165, 1.54) is 0 Å². The number of halogens is 1. The Bertz CT molecular complexity index is 481. The van der Waals surface area contributed by atoms with E-state index in [0.717, 1.165) is 5.56 Å². The Morgan fingerprint density at radius 1 is 1.32 bits per heavy atom. The number of hydrogen-bond donors (Lipinski definition) is 0. The van der Waals surface area contributed by atoms with E-state index in [4.69, 9.17) is 21.1 Å². The van der Waals surface area contributed by atoms with E-state index in [1.54, 1.807) is 21.0 Å². The zero-order chi connectivity index (χ0) is 14.1. The molecule has 19 heavy (non-hydrogen) atoms. The first kappa shape index (κ1) is 14.5. The first-order valence-corrected chi connectivity index (χ1v) is 6.63. The number of benzene rings is 1. The van der Waals surface area contributed by atoms with Crippen LogP contribution in [0.2, 0.25) is 5.02 Å². The molecule has 1 heterocycles. The lowest BCUT2D eigenvalue weighted by Gasteiger charge is -2.40. The molecule has 0 aliphatic carbocycles. The van der Waals surface area contributed by atoms with E-state index in [9.17, 15) is 4.79 Å². The number of ether oxygens (including phenoxy) is 2. The fraction of sp³-hybridized carbons (Fsp3) is 0.500. The molecule has 0 bridgehead atoms. The molecule has 0 atom stereocenters. The summed E-state index contributed by atoms with van der Waals surface area (Å²) in [5.74, 6) is -1.01. The highest BCUT2D eigenvalue weighted by molar-refractivity contribution is 6.31. The van der Waals surface area contributed by atoms with Crippen LogP contribution in [0.5, 0.6) is 0 Å². The molecular formula is C14H19ClNO3+. The molecule has 1 fully saturated rings. The summed E-state index contributed by atoms with van der Waals surface area (Å²) in [7, 11) is 3.59. The zero-order valence-corrected chi connectivity index (χ0v) is 12.2. The number of likely N-dealkylation sites (N-methyl/N-ethyl adjacent to an activating group) is 1. The average Bonchev–Trinajstić information content (AvgIpc) is 2.82. The molecule has 0 spiro atoms. The Hall–Kier alpha value is -0.940. The quantitative estimate of drug-likeness (QED) is 0.799. The van der Waals surface area contributed by atoms with Crippen molar-refractivity contribution in [3.05, 3.63) is 34.9 Å². The smallest absolute Gasteiger partial charge is 0.300 e. The van der Waals surface area contributed by atoms with Crippen LogP contribution in [0.1, 0.15) is 12.5 Å². The monoisotopic (exact) mass is 284 g/mol. The number of amides is 1. The Morgan fingerprint density at radius 3 is 2.42 bits per heavy atom. The molecule has 0 N–H and O–H groups in total. The highest BCUT2D eigenvalue weighted by atomic mass is 35.5. The van der Waals surface area contributed by atoms with E-state index in [0.29, 0.717) is 24.7 Å². The van der Waals surface area contributed by atoms with Gasteiger partial charge in [0.15, 0.2) is 0 Å². The van der Waals surface area contributed by atoms with E-state index in [2.05, 4.69) is 0 Å². The SMILES string of the molecule is CC(=O)[N+](C)(C)C1(Cc2ccccc2Cl)OCCO1. The Labute approximate surface area is 118 Å². The third kappa shape index (κ3) is 2.54. The molecule has 0 unspecified atom stereocenters. The van der Waals surface area contributed by atoms with Crippen molar-refractivity contribution in [2.45, 2.75) is 19.3 Å². The van der Waals surface area contributed by atoms with Gasteiger partial charge in [-0.3, -0.25) is 0 Å². The number of carbonyl (C=O) groups is 1. The van der Waals surface area contributed by atoms with Gasteiger partial charge in [0.05, 0.1) is 40.7 Å². The topological polar surface area (TPSA) is 35.5 Å². The second kappa shape index (κ2) is 5.21. The van der Waals surface area contributed by atoms with Gasteiger partial charge in [-0.1, -0.05) is 29.8 Å². The Balaban J connectivity index is 2.36. The van der Waals surface area contributed by atoms with Gasteiger partial charge in [-0.2, -0.15) is 0 Å². The second-order valence-corrected chi connectivity index (χ2v) is 5.56. The lowest BCUT2D eigenvalue weighted by Crippen LogP contribution is -2.64. The van der Waals surface area contributed by atoms with Crippen molar-refractivity contribution in [2.75, 3.05) is 27.3 Å². The number of nitrogens with zero attached hydrogens (tertiary/aromatic N) is 1. The van der Waals surface area contributed by atoms with Gasteiger partial charge in [0.2, 0.25) is 0 Å². The van der Waals surface area contributed by atoms with Gasteiger partial charge in [-0.05, 0) is 11.6 Å². The van der Waals surface area contributed by atoms with Gasteiger partial charge >= 0.3 is 11.8 Å². The molecule has 0 saturated carbocycles. The molecular weight excluding hydrogens is 266 g/mol. The summed E-state index contributed by atoms with van der Waals surface area (Å²) < 4.78 is 11.6. The minimum absolute atomic E-state index is 0.0121. The second-order valence-electron chi connectivity index (χ2n) is 5.15. The van der Waals surface area contributed by atoms with Crippen LogP contribution >= 0.6 is 11.6 Å². The molecule has 1 aromatic carbocycles. The average molecular weight is 285 g/mol. The van der Waals surface area contributed by atoms with Gasteiger partial charge in [0, 0.05) is 5.02 Å². The predicted octanol–water partition coefficient (Wildman–Crippen LogP) is 2.21. The summed E-state index contributed by atoms with van der Waals surface area (Å²) in [5.41, 5.74) is 0.915. The van der Waals surface area contributed by atoms with E-state index in [-0.39, 0.29) is 10.4 Å². The molecule has 1 aliphatic rings. The van der Waals surface area contributed by atoms with Crippen molar-refractivity contribution in [3.63, 3.8) is 0 Å². The van der Waals surface area contributed by atoms with E-state index < -0.39 is 5.91 Å². The van der Waals surface area contributed by atoms with Crippen LogP contribution in [0.3, 0.4) is 0 Å². The third-order valence-electron chi connectivity index (χ3n) is 3.75. The minimum atomic E-state index is -0.989. The van der Waals surface area contributed by atoms with Crippen LogP contribution in [0.25, 0.3) is 0 Å². The van der Waals surface area contributed by atoms with Crippen molar-refractivity contribution >= 4 is 17.5 Å². The predicted molar refractivity (Wildman–Crippen MR) is 72.6 cm³/mol. The summed E-state index contributed by atoms with van der Waals surface area (Å²) in [6.07, 6.45) is 0.444. The number of rotatable bonds is 3. The lowest BCUT2D eigenvalue weighted by molar-refractivity contribution is -0.926. The van der Waals surface area contributed by atoms with Gasteiger partial charge < -0.3 is 9.47 Å². The van der Waals surface area contributed by atoms with Crippen molar-refractivity contribution < 1.29 is 18.8 Å². The minimum Gasteiger partial charge on any atom is -0.300 e. The van der Waals surface area contributed by atoms with Gasteiger partial charge in [0.25, 0.3) is 0 Å². The standard InChI is InChI=1S/C14H19ClNO3/c1-11(17)16(2,3)14(18-8-9-19-14)10-12-6-4-5-7-13(12)15/h4-7H,8-10H2,1-3H3/q+1. The first-order chi connectivity index (χ1) is 8.89. The number of carbonyl (C=O) groups excluding carboxylic acids is 1. The first-order valence-electron chi connectivity index (χ1n) is 6.25. The molecule has 1 aromatic rings. The normalized spacial score (nSPS) is 18.5. The maximum atomic E-state index is 11.9. The largest absolute Gasteiger partial charge is 0.330 e. The highest BCUT2D eigenvalue weighted by Crippen LogP contribution is 2.34. The zero-order valence-electron chi connectivity index (χ0n) is 11.5. The summed E-state index contributed by atoms with van der Waals surface area (Å²) >= 11 is 6.19. The van der Waals surface area contributed by atoms with Gasteiger partial charge in [-0.25, -0.2) is 9.28 Å². The van der Waals surface area contributed by atoms with Gasteiger partial charge in [0.1, 0.15) is 0 Å². The third-order valence-corrected chi connectivity index (χ3v) is 4.12. The summed E-state index contributed by atoms with van der Waals surface area (Å²) in [6, 6.07) is 7.54. The summed E-state index contributed by atoms with van der Waals surface area (Å²) in [4.78, 5) is 11.9. The van der Waals surface area contributed by atoms with Gasteiger partial charge in [-0.15, -0.1) is 0 Å². The number of quaternary nitrogens is 1. The molecule has 4 nitrogen and oxygen atoms in total. The summed E-state index contributed by atoms with van der Waals surface area (Å²) in [6.45, 7) is 2.51. The van der Waals surface area contributed by atoms with Crippen LogP contribution < -0.4 is 0 Å². The van der Waals surface area contributed by atoms with Crippen molar-refractivity contribution in [3.8, 4) is 0 Å². The fourth-order valence-electron chi connectivity index (χ4n) is 2.19. The highest BCUT2D eigenvalue weighted by Gasteiger charge is 2.54. The molecule has 5 heteroatoms. The van der Waals surface area contributed by atoms with Crippen LogP contribution in [0, 0.1) is 0 Å². The lowest BCUT2D eigenvalue weighted by atomic mass is 10.1. The van der Waals surface area contributed by atoms with Crippen LogP contribution in [-0.2, 0) is 20.7 Å². The van der Waals surface area contributed by atoms with Crippen molar-refractivity contribution in [1.29, 1.82) is 0 Å². The fourth-order valence-corrected chi connectivity index (χ4v) is 2.39. The Kier molecular flexibility index (Phi) is 3.97. The molecule has 0 aromatic heterocycles. The maximum absolute atomic E-state index is 11.9. The van der Waals surface area contributed by atoms with Crippen molar-refractivity contribution in [1.82, 2.24) is 0 Å². The van der Waals surface area contributed by atoms with Crippen molar-refractivity contribution in [2.24, 2.45) is 0 Å². The number of hydrogen-bond acceptors (Lipinski definition) is 3. The molecule has 0 radical (unpaired) electrons. The molecule has 1 amide bonds. The summed E-state index contributed by atoms with van der Waals surface area (Å²) in [5, 5.41) is 0.657. The molecule has 1 aliphatic heterocycles. The van der Waals surface area contributed by atoms with E-state index >= 15 is 0 Å². The maximum Gasteiger partial charge on any atom is 0.330 e. The van der Waals surface area contributed by atoms with Crippen LogP contribution in [0.15, 0.2) is 24.3 Å².